The Bertz CT molecular complexity index is 800. The Labute approximate surface area is 160 Å². The van der Waals surface area contributed by atoms with Crippen LogP contribution in [0.15, 0.2) is 23.0 Å². The van der Waals surface area contributed by atoms with E-state index >= 15 is 0 Å². The molecule has 2 aromatic rings. The first-order valence-electron chi connectivity index (χ1n) is 8.51. The van der Waals surface area contributed by atoms with E-state index in [4.69, 9.17) is 0 Å². The van der Waals surface area contributed by atoms with Crippen molar-refractivity contribution >= 4 is 40.3 Å². The molecule has 3 heterocycles. The standard InChI is InChI=1S/C18H21N3O3S2/c1-11(22)15-8-14(10-26-15)18(24)21-6-3-4-13(9-21)16(20-12(2)23)17-19-5-7-25-17/h5,7-8,10,13,16H,3-4,6,9H2,1-2H3,(H,20,23). The monoisotopic (exact) mass is 391 g/mol. The highest BCUT2D eigenvalue weighted by Gasteiger charge is 2.32. The zero-order valence-electron chi connectivity index (χ0n) is 14.7. The molecule has 2 atom stereocenters. The molecule has 1 saturated heterocycles. The Balaban J connectivity index is 1.75. The molecule has 0 aliphatic carbocycles. The van der Waals surface area contributed by atoms with Crippen molar-refractivity contribution in [1.29, 1.82) is 0 Å². The Morgan fingerprint density at radius 1 is 1.31 bits per heavy atom. The van der Waals surface area contributed by atoms with Crippen LogP contribution in [0.25, 0.3) is 0 Å². The van der Waals surface area contributed by atoms with Gasteiger partial charge in [-0.05, 0) is 25.8 Å². The van der Waals surface area contributed by atoms with E-state index in [1.807, 2.05) is 10.3 Å². The largest absolute Gasteiger partial charge is 0.347 e. The van der Waals surface area contributed by atoms with Gasteiger partial charge in [-0.1, -0.05) is 0 Å². The van der Waals surface area contributed by atoms with Gasteiger partial charge in [0.2, 0.25) is 5.91 Å². The third kappa shape index (κ3) is 4.19. The topological polar surface area (TPSA) is 79.4 Å². The average molecular weight is 392 g/mol. The van der Waals surface area contributed by atoms with Crippen LogP contribution in [0.5, 0.6) is 0 Å². The number of rotatable bonds is 5. The van der Waals surface area contributed by atoms with Crippen LogP contribution in [0.4, 0.5) is 0 Å². The summed E-state index contributed by atoms with van der Waals surface area (Å²) in [6.45, 7) is 4.25. The Hall–Kier alpha value is -2.06. The third-order valence-corrected chi connectivity index (χ3v) is 6.38. The summed E-state index contributed by atoms with van der Waals surface area (Å²) in [6.07, 6.45) is 3.54. The zero-order valence-corrected chi connectivity index (χ0v) is 16.4. The van der Waals surface area contributed by atoms with Gasteiger partial charge in [-0.2, -0.15) is 0 Å². The van der Waals surface area contributed by atoms with Crippen LogP contribution in [0, 0.1) is 5.92 Å². The maximum Gasteiger partial charge on any atom is 0.254 e. The van der Waals surface area contributed by atoms with E-state index < -0.39 is 0 Å². The van der Waals surface area contributed by atoms with E-state index in [2.05, 4.69) is 10.3 Å². The van der Waals surface area contributed by atoms with Gasteiger partial charge >= 0.3 is 0 Å². The number of carbonyl (C=O) groups is 3. The van der Waals surface area contributed by atoms with Crippen molar-refractivity contribution in [2.45, 2.75) is 32.7 Å². The summed E-state index contributed by atoms with van der Waals surface area (Å²) < 4.78 is 0. The lowest BCUT2D eigenvalue weighted by atomic mass is 9.90. The van der Waals surface area contributed by atoms with Crippen molar-refractivity contribution in [2.75, 3.05) is 13.1 Å². The van der Waals surface area contributed by atoms with E-state index in [1.165, 1.54) is 36.5 Å². The first-order chi connectivity index (χ1) is 12.5. The summed E-state index contributed by atoms with van der Waals surface area (Å²) in [5, 5.41) is 7.51. The minimum absolute atomic E-state index is 0.0277. The van der Waals surface area contributed by atoms with Gasteiger partial charge in [0.05, 0.1) is 16.5 Å². The van der Waals surface area contributed by atoms with Crippen molar-refractivity contribution in [1.82, 2.24) is 15.2 Å². The molecule has 1 N–H and O–H groups in total. The normalized spacial score (nSPS) is 18.4. The predicted molar refractivity (Wildman–Crippen MR) is 102 cm³/mol. The van der Waals surface area contributed by atoms with Crippen LogP contribution in [0.1, 0.15) is 57.8 Å². The predicted octanol–water partition coefficient (Wildman–Crippen LogP) is 3.14. The van der Waals surface area contributed by atoms with E-state index in [0.29, 0.717) is 23.5 Å². The first-order valence-corrected chi connectivity index (χ1v) is 10.3. The number of Topliss-reactive ketones (excluding diaryl/α,β-unsaturated/α-hetero) is 1. The lowest BCUT2D eigenvalue weighted by Gasteiger charge is -2.36. The van der Waals surface area contributed by atoms with Crippen molar-refractivity contribution in [3.05, 3.63) is 38.5 Å². The Kier molecular flexibility index (Phi) is 5.83. The van der Waals surface area contributed by atoms with Crippen LogP contribution in [-0.4, -0.2) is 40.6 Å². The SMILES string of the molecule is CC(=O)NC(c1nccs1)C1CCCN(C(=O)c2csc(C(C)=O)c2)C1. The maximum atomic E-state index is 12.8. The first kappa shape index (κ1) is 18.7. The second-order valence-corrected chi connectivity index (χ2v) is 8.30. The quantitative estimate of drug-likeness (QED) is 0.794. The second kappa shape index (κ2) is 8.09. The lowest BCUT2D eigenvalue weighted by molar-refractivity contribution is -0.120. The molecule has 26 heavy (non-hydrogen) atoms. The number of thiazole rings is 1. The van der Waals surface area contributed by atoms with Gasteiger partial charge in [0, 0.05) is 42.9 Å². The summed E-state index contributed by atoms with van der Waals surface area (Å²) in [6, 6.07) is 1.49. The summed E-state index contributed by atoms with van der Waals surface area (Å²) in [4.78, 5) is 42.7. The number of nitrogens with one attached hydrogen (secondary N) is 1. The minimum atomic E-state index is -0.182. The smallest absolute Gasteiger partial charge is 0.254 e. The number of amides is 2. The number of hydrogen-bond acceptors (Lipinski definition) is 6. The van der Waals surface area contributed by atoms with E-state index in [1.54, 1.807) is 17.6 Å². The Morgan fingerprint density at radius 2 is 2.12 bits per heavy atom. The van der Waals surface area contributed by atoms with Gasteiger partial charge < -0.3 is 10.2 Å². The summed E-state index contributed by atoms with van der Waals surface area (Å²) in [5.74, 6) is -0.0644. The van der Waals surface area contributed by atoms with Gasteiger partial charge in [-0.15, -0.1) is 22.7 Å². The number of piperidine rings is 1. The average Bonchev–Trinajstić information content (AvgIpc) is 3.30. The fraction of sp³-hybridized carbons (Fsp3) is 0.444. The fourth-order valence-corrected chi connectivity index (χ4v) is 4.83. The molecule has 0 spiro atoms. The Morgan fingerprint density at radius 3 is 2.73 bits per heavy atom. The minimum Gasteiger partial charge on any atom is -0.347 e. The molecule has 1 aliphatic heterocycles. The summed E-state index contributed by atoms with van der Waals surface area (Å²) in [7, 11) is 0. The van der Waals surface area contributed by atoms with E-state index in [0.717, 1.165) is 17.8 Å². The molecule has 0 aromatic carbocycles. The number of carbonyl (C=O) groups excluding carboxylic acids is 3. The van der Waals surface area contributed by atoms with Crippen molar-refractivity contribution in [3.8, 4) is 0 Å². The van der Waals surface area contributed by atoms with Gasteiger partial charge in [-0.25, -0.2) is 4.98 Å². The van der Waals surface area contributed by atoms with Crippen molar-refractivity contribution in [3.63, 3.8) is 0 Å². The van der Waals surface area contributed by atoms with Crippen LogP contribution in [0.3, 0.4) is 0 Å². The molecular formula is C18H21N3O3S2. The second-order valence-electron chi connectivity index (χ2n) is 6.46. The molecule has 2 aromatic heterocycles. The van der Waals surface area contributed by atoms with E-state index in [9.17, 15) is 14.4 Å². The molecule has 2 amide bonds. The summed E-state index contributed by atoms with van der Waals surface area (Å²) in [5.41, 5.74) is 0.561. The maximum absolute atomic E-state index is 12.8. The van der Waals surface area contributed by atoms with Crippen LogP contribution < -0.4 is 5.32 Å². The molecule has 1 fully saturated rings. The van der Waals surface area contributed by atoms with Crippen LogP contribution in [-0.2, 0) is 4.79 Å². The van der Waals surface area contributed by atoms with E-state index in [-0.39, 0.29) is 29.6 Å². The molecule has 8 heteroatoms. The van der Waals surface area contributed by atoms with Gasteiger partial charge in [-0.3, -0.25) is 14.4 Å². The fourth-order valence-electron chi connectivity index (χ4n) is 3.27. The van der Waals surface area contributed by atoms with Gasteiger partial charge in [0.1, 0.15) is 5.01 Å². The molecule has 0 radical (unpaired) electrons. The summed E-state index contributed by atoms with van der Waals surface area (Å²) >= 11 is 2.82. The highest BCUT2D eigenvalue weighted by Crippen LogP contribution is 2.32. The molecule has 1 aliphatic rings. The molecule has 0 bridgehead atoms. The molecule has 2 unspecified atom stereocenters. The molecular weight excluding hydrogens is 370 g/mol. The van der Waals surface area contributed by atoms with Crippen molar-refractivity contribution in [2.24, 2.45) is 5.92 Å². The molecule has 0 saturated carbocycles. The third-order valence-electron chi connectivity index (χ3n) is 4.49. The molecule has 6 nitrogen and oxygen atoms in total. The number of thiophene rings is 1. The van der Waals surface area contributed by atoms with Crippen LogP contribution in [0.2, 0.25) is 0 Å². The number of ketones is 1. The molecule has 3 rings (SSSR count). The van der Waals surface area contributed by atoms with Gasteiger partial charge in [0.15, 0.2) is 5.78 Å². The highest BCUT2D eigenvalue weighted by atomic mass is 32.1. The molecule has 138 valence electrons. The van der Waals surface area contributed by atoms with Gasteiger partial charge in [0.25, 0.3) is 5.91 Å². The highest BCUT2D eigenvalue weighted by molar-refractivity contribution is 7.12. The zero-order chi connectivity index (χ0) is 18.7. The number of nitrogens with zero attached hydrogens (tertiary/aromatic N) is 2. The van der Waals surface area contributed by atoms with Crippen LogP contribution >= 0.6 is 22.7 Å². The number of hydrogen-bond donors (Lipinski definition) is 1. The lowest BCUT2D eigenvalue weighted by Crippen LogP contribution is -2.44. The van der Waals surface area contributed by atoms with Crippen molar-refractivity contribution < 1.29 is 14.4 Å². The number of likely N-dealkylation sites (tertiary alicyclic amines) is 1. The number of aromatic nitrogens is 1.